The van der Waals surface area contributed by atoms with E-state index in [1.165, 1.54) is 28.8 Å². The van der Waals surface area contributed by atoms with Crippen LogP contribution in [0.25, 0.3) is 5.57 Å². The topological polar surface area (TPSA) is 44.4 Å². The Kier molecular flexibility index (Phi) is 4.09. The minimum absolute atomic E-state index is 0.115. The first-order valence-corrected chi connectivity index (χ1v) is 9.32. The largest absolute Gasteiger partial charge is 0.381 e. The predicted octanol–water partition coefficient (Wildman–Crippen LogP) is 2.97. The van der Waals surface area contributed by atoms with Gasteiger partial charge in [0.1, 0.15) is 0 Å². The maximum Gasteiger partial charge on any atom is 0.207 e. The summed E-state index contributed by atoms with van der Waals surface area (Å²) in [6.07, 6.45) is 6.63. The van der Waals surface area contributed by atoms with Crippen molar-refractivity contribution in [2.24, 2.45) is 0 Å². The zero-order valence-corrected chi connectivity index (χ0v) is 14.6. The van der Waals surface area contributed by atoms with Crippen LogP contribution in [0.3, 0.4) is 0 Å². The van der Waals surface area contributed by atoms with Crippen molar-refractivity contribution in [2.75, 3.05) is 18.4 Å². The van der Waals surface area contributed by atoms with E-state index in [0.717, 1.165) is 32.3 Å². The van der Waals surface area contributed by atoms with Gasteiger partial charge in [0.25, 0.3) is 0 Å². The highest BCUT2D eigenvalue weighted by Gasteiger charge is 2.43. The number of fused-ring (bicyclic) bond motifs is 2. The number of carbonyl (C=O) groups excluding carboxylic acids is 1. The Labute approximate surface area is 144 Å². The average Bonchev–Trinajstić information content (AvgIpc) is 2.96. The molecule has 0 bridgehead atoms. The highest BCUT2D eigenvalue weighted by atomic mass is 16.1. The Morgan fingerprint density at radius 1 is 1.38 bits per heavy atom. The van der Waals surface area contributed by atoms with E-state index in [4.69, 9.17) is 0 Å². The van der Waals surface area contributed by atoms with Crippen molar-refractivity contribution in [3.8, 4) is 0 Å². The third kappa shape index (κ3) is 2.35. The molecule has 0 saturated heterocycles. The second-order valence-corrected chi connectivity index (χ2v) is 7.29. The van der Waals surface area contributed by atoms with Crippen molar-refractivity contribution in [2.45, 2.75) is 57.2 Å². The lowest BCUT2D eigenvalue weighted by Gasteiger charge is -2.44. The van der Waals surface area contributed by atoms with Gasteiger partial charge in [-0.25, -0.2) is 0 Å². The summed E-state index contributed by atoms with van der Waals surface area (Å²) >= 11 is 0. The summed E-state index contributed by atoms with van der Waals surface area (Å²) in [4.78, 5) is 13.6. The SMILES string of the molecule is CCCN1C[C@@H](NC=O)C=C2c3cccc4c3[C@H](C[C@H]21)C(CC)N4. The fourth-order valence-electron chi connectivity index (χ4n) is 4.98. The zero-order valence-electron chi connectivity index (χ0n) is 14.6. The molecule has 0 fully saturated rings. The van der Waals surface area contributed by atoms with Crippen LogP contribution in [0.5, 0.6) is 0 Å². The molecule has 1 aromatic carbocycles. The van der Waals surface area contributed by atoms with Gasteiger partial charge in [0.15, 0.2) is 0 Å². The lowest BCUT2D eigenvalue weighted by Crippen LogP contribution is -2.51. The van der Waals surface area contributed by atoms with E-state index in [1.54, 1.807) is 0 Å². The number of rotatable bonds is 5. The fraction of sp³-hybridized carbons (Fsp3) is 0.550. The lowest BCUT2D eigenvalue weighted by molar-refractivity contribution is -0.110. The van der Waals surface area contributed by atoms with Crippen LogP contribution in [0.15, 0.2) is 24.3 Å². The number of nitrogens with zero attached hydrogens (tertiary/aromatic N) is 1. The van der Waals surface area contributed by atoms with Crippen LogP contribution in [0.2, 0.25) is 0 Å². The number of hydrogen-bond acceptors (Lipinski definition) is 3. The standard InChI is InChI=1S/C20H27N3O/c1-3-8-23-11-13(21-12-24)9-15-14-6-5-7-18-20(14)16(10-19(15)23)17(4-2)22-18/h5-7,9,12-13,16-17,19,22H,3-4,8,10-11H2,1-2H3,(H,21,24)/t13-,16+,17?,19+/m0/s1. The second kappa shape index (κ2) is 6.25. The van der Waals surface area contributed by atoms with Gasteiger partial charge >= 0.3 is 0 Å². The molecule has 1 unspecified atom stereocenters. The number of nitrogens with one attached hydrogen (secondary N) is 2. The summed E-state index contributed by atoms with van der Waals surface area (Å²) in [5.41, 5.74) is 5.64. The van der Waals surface area contributed by atoms with E-state index < -0.39 is 0 Å². The molecule has 0 saturated carbocycles. The van der Waals surface area contributed by atoms with Crippen molar-refractivity contribution in [1.29, 1.82) is 0 Å². The van der Waals surface area contributed by atoms with Gasteiger partial charge in [-0.05, 0) is 48.6 Å². The van der Waals surface area contributed by atoms with Gasteiger partial charge in [-0.2, -0.15) is 0 Å². The molecule has 0 radical (unpaired) electrons. The summed E-state index contributed by atoms with van der Waals surface area (Å²) in [6.45, 7) is 6.53. The van der Waals surface area contributed by atoms with Gasteiger partial charge in [0.05, 0.1) is 6.04 Å². The molecular formula is C20H27N3O. The normalized spacial score (nSPS) is 30.8. The molecule has 2 N–H and O–H groups in total. The summed E-state index contributed by atoms with van der Waals surface area (Å²) in [5, 5.41) is 6.73. The molecule has 4 atom stereocenters. The summed E-state index contributed by atoms with van der Waals surface area (Å²) in [7, 11) is 0. The fourth-order valence-corrected chi connectivity index (χ4v) is 4.98. The Bertz CT molecular complexity index is 669. The molecule has 4 rings (SSSR count). The van der Waals surface area contributed by atoms with Crippen LogP contribution in [-0.4, -0.2) is 42.5 Å². The third-order valence-corrected chi connectivity index (χ3v) is 5.94. The molecule has 0 spiro atoms. The quantitative estimate of drug-likeness (QED) is 0.818. The molecule has 2 heterocycles. The Balaban J connectivity index is 1.80. The van der Waals surface area contributed by atoms with Crippen LogP contribution in [0, 0.1) is 0 Å². The van der Waals surface area contributed by atoms with Crippen molar-refractivity contribution in [1.82, 2.24) is 10.2 Å². The maximum absolute atomic E-state index is 11.0. The van der Waals surface area contributed by atoms with Crippen molar-refractivity contribution in [3.05, 3.63) is 35.4 Å². The molecule has 4 heteroatoms. The maximum atomic E-state index is 11.0. The van der Waals surface area contributed by atoms with E-state index >= 15 is 0 Å². The zero-order chi connectivity index (χ0) is 16.7. The minimum Gasteiger partial charge on any atom is -0.381 e. The first kappa shape index (κ1) is 15.7. The highest BCUT2D eigenvalue weighted by Crippen LogP contribution is 2.51. The van der Waals surface area contributed by atoms with Gasteiger partial charge in [-0.1, -0.05) is 32.1 Å². The monoisotopic (exact) mass is 325 g/mol. The molecule has 1 aliphatic carbocycles. The molecule has 24 heavy (non-hydrogen) atoms. The van der Waals surface area contributed by atoms with Crippen molar-refractivity contribution in [3.63, 3.8) is 0 Å². The van der Waals surface area contributed by atoms with Gasteiger partial charge in [-0.3, -0.25) is 9.69 Å². The van der Waals surface area contributed by atoms with E-state index in [9.17, 15) is 4.79 Å². The lowest BCUT2D eigenvalue weighted by atomic mass is 9.73. The predicted molar refractivity (Wildman–Crippen MR) is 98.1 cm³/mol. The third-order valence-electron chi connectivity index (χ3n) is 5.94. The molecule has 2 aliphatic heterocycles. The second-order valence-electron chi connectivity index (χ2n) is 7.29. The molecular weight excluding hydrogens is 298 g/mol. The number of benzene rings is 1. The van der Waals surface area contributed by atoms with Gasteiger partial charge < -0.3 is 10.6 Å². The minimum atomic E-state index is 0.115. The summed E-state index contributed by atoms with van der Waals surface area (Å²) < 4.78 is 0. The van der Waals surface area contributed by atoms with Crippen LogP contribution < -0.4 is 10.6 Å². The van der Waals surface area contributed by atoms with Crippen LogP contribution in [0.1, 0.15) is 50.2 Å². The van der Waals surface area contributed by atoms with Crippen LogP contribution in [0.4, 0.5) is 5.69 Å². The van der Waals surface area contributed by atoms with Crippen LogP contribution in [-0.2, 0) is 4.79 Å². The smallest absolute Gasteiger partial charge is 0.207 e. The summed E-state index contributed by atoms with van der Waals surface area (Å²) in [5.74, 6) is 0.610. The van der Waals surface area contributed by atoms with Gasteiger partial charge in [-0.15, -0.1) is 0 Å². The Hall–Kier alpha value is -1.81. The highest BCUT2D eigenvalue weighted by molar-refractivity contribution is 5.82. The average molecular weight is 325 g/mol. The number of hydrogen-bond donors (Lipinski definition) is 2. The molecule has 4 nitrogen and oxygen atoms in total. The van der Waals surface area contributed by atoms with Gasteiger partial charge in [0.2, 0.25) is 6.41 Å². The van der Waals surface area contributed by atoms with E-state index in [1.807, 2.05) is 0 Å². The Morgan fingerprint density at radius 3 is 3.00 bits per heavy atom. The number of amides is 1. The van der Waals surface area contributed by atoms with E-state index in [-0.39, 0.29) is 6.04 Å². The Morgan fingerprint density at radius 2 is 2.25 bits per heavy atom. The molecule has 1 amide bonds. The van der Waals surface area contributed by atoms with E-state index in [0.29, 0.717) is 18.0 Å². The number of anilines is 1. The molecule has 128 valence electrons. The van der Waals surface area contributed by atoms with E-state index in [2.05, 4.69) is 53.7 Å². The van der Waals surface area contributed by atoms with Crippen molar-refractivity contribution >= 4 is 17.7 Å². The number of carbonyl (C=O) groups is 1. The van der Waals surface area contributed by atoms with Crippen LogP contribution >= 0.6 is 0 Å². The summed E-state index contributed by atoms with van der Waals surface area (Å²) in [6, 6.07) is 7.81. The first-order chi connectivity index (χ1) is 11.8. The molecule has 0 aromatic heterocycles. The molecule has 1 aromatic rings. The van der Waals surface area contributed by atoms with Crippen molar-refractivity contribution < 1.29 is 4.79 Å². The van der Waals surface area contributed by atoms with Gasteiger partial charge in [0, 0.05) is 30.2 Å². The first-order valence-electron chi connectivity index (χ1n) is 9.32. The molecule has 3 aliphatic rings.